The van der Waals surface area contributed by atoms with Gasteiger partial charge in [-0.15, -0.1) is 0 Å². The van der Waals surface area contributed by atoms with E-state index in [0.717, 1.165) is 23.8 Å². The van der Waals surface area contributed by atoms with Gasteiger partial charge in [-0.1, -0.05) is 12.1 Å². The Morgan fingerprint density at radius 1 is 1.19 bits per heavy atom. The Kier molecular flexibility index (Phi) is 5.60. The van der Waals surface area contributed by atoms with Crippen LogP contribution in [-0.2, 0) is 21.4 Å². The molecule has 2 aliphatic heterocycles. The van der Waals surface area contributed by atoms with Crippen LogP contribution < -0.4 is 5.32 Å². The van der Waals surface area contributed by atoms with Gasteiger partial charge in [0.25, 0.3) is 0 Å². The fourth-order valence-electron chi connectivity index (χ4n) is 4.64. The number of imide groups is 1. The normalized spacial score (nSPS) is 20.5. The second-order valence-corrected chi connectivity index (χ2v) is 9.65. The number of phenolic OH excluding ortho intramolecular Hbond substituents is 1. The Balaban J connectivity index is 1.55. The third-order valence-corrected chi connectivity index (χ3v) is 6.20. The Labute approximate surface area is 186 Å². The molecule has 0 radical (unpaired) electrons. The van der Waals surface area contributed by atoms with E-state index in [0.29, 0.717) is 30.7 Å². The van der Waals surface area contributed by atoms with Gasteiger partial charge in [-0.05, 0) is 51.5 Å². The van der Waals surface area contributed by atoms with Crippen LogP contribution >= 0.6 is 0 Å². The number of carbonyl (C=O) groups is 3. The van der Waals surface area contributed by atoms with E-state index in [2.05, 4.69) is 10.4 Å². The molecule has 0 spiro atoms. The number of nitrogens with one attached hydrogen (secondary N) is 1. The van der Waals surface area contributed by atoms with E-state index in [4.69, 9.17) is 4.74 Å². The SMILES string of the molecule is Cn1nc(C2CCC(=O)NC2=O)c2ccc(C3CCN(C(=O)OC(C)(C)C)CC3)c(O)c21. The van der Waals surface area contributed by atoms with Gasteiger partial charge in [-0.2, -0.15) is 5.10 Å². The first kappa shape index (κ1) is 22.1. The van der Waals surface area contributed by atoms with Crippen molar-refractivity contribution in [1.82, 2.24) is 20.0 Å². The monoisotopic (exact) mass is 442 g/mol. The Morgan fingerprint density at radius 2 is 1.88 bits per heavy atom. The molecule has 9 heteroatoms. The lowest BCUT2D eigenvalue weighted by molar-refractivity contribution is -0.134. The number of benzene rings is 1. The van der Waals surface area contributed by atoms with Gasteiger partial charge in [0.1, 0.15) is 16.9 Å². The van der Waals surface area contributed by atoms with Crippen LogP contribution in [0.1, 0.15) is 69.5 Å². The minimum atomic E-state index is -0.531. The molecule has 4 rings (SSSR count). The van der Waals surface area contributed by atoms with E-state index in [1.807, 2.05) is 32.9 Å². The molecule has 1 unspecified atom stereocenters. The van der Waals surface area contributed by atoms with Gasteiger partial charge in [0, 0.05) is 31.9 Å². The average Bonchev–Trinajstić information content (AvgIpc) is 3.04. The van der Waals surface area contributed by atoms with Crippen molar-refractivity contribution in [3.8, 4) is 5.75 Å². The summed E-state index contributed by atoms with van der Waals surface area (Å²) < 4.78 is 7.06. The highest BCUT2D eigenvalue weighted by Gasteiger charge is 2.33. The van der Waals surface area contributed by atoms with Gasteiger partial charge in [0.05, 0.1) is 11.6 Å². The Morgan fingerprint density at radius 3 is 2.50 bits per heavy atom. The van der Waals surface area contributed by atoms with Gasteiger partial charge >= 0.3 is 6.09 Å². The molecular formula is C23H30N4O5. The zero-order valence-corrected chi connectivity index (χ0v) is 19.0. The number of aromatic nitrogens is 2. The van der Waals surface area contributed by atoms with Crippen LogP contribution in [0, 0.1) is 0 Å². The number of phenols is 1. The molecule has 1 aromatic carbocycles. The first-order chi connectivity index (χ1) is 15.0. The predicted octanol–water partition coefficient (Wildman–Crippen LogP) is 2.91. The van der Waals surface area contributed by atoms with Crippen LogP contribution in [0.25, 0.3) is 10.9 Å². The lowest BCUT2D eigenvalue weighted by Crippen LogP contribution is -2.41. The average molecular weight is 443 g/mol. The summed E-state index contributed by atoms with van der Waals surface area (Å²) in [5.74, 6) is -0.869. The first-order valence-corrected chi connectivity index (χ1v) is 11.0. The zero-order chi connectivity index (χ0) is 23.2. The van der Waals surface area contributed by atoms with Crippen LogP contribution in [0.3, 0.4) is 0 Å². The van der Waals surface area contributed by atoms with Gasteiger partial charge in [-0.3, -0.25) is 19.6 Å². The molecule has 3 amide bonds. The van der Waals surface area contributed by atoms with Crippen LogP contribution in [0.15, 0.2) is 12.1 Å². The highest BCUT2D eigenvalue weighted by atomic mass is 16.6. The van der Waals surface area contributed by atoms with E-state index >= 15 is 0 Å². The molecule has 0 bridgehead atoms. The van der Waals surface area contributed by atoms with Crippen molar-refractivity contribution in [2.24, 2.45) is 7.05 Å². The number of hydrogen-bond donors (Lipinski definition) is 2. The van der Waals surface area contributed by atoms with Crippen LogP contribution in [0.2, 0.25) is 0 Å². The Hall–Kier alpha value is -3.10. The van der Waals surface area contributed by atoms with E-state index < -0.39 is 11.5 Å². The first-order valence-electron chi connectivity index (χ1n) is 11.0. The molecule has 32 heavy (non-hydrogen) atoms. The number of nitrogens with zero attached hydrogens (tertiary/aromatic N) is 3. The maximum absolute atomic E-state index is 12.3. The van der Waals surface area contributed by atoms with Crippen molar-refractivity contribution < 1.29 is 24.2 Å². The standard InChI is InChI=1S/C23H30N4O5/c1-23(2,3)32-22(31)27-11-9-13(10-12-27)14-5-6-15-18(25-26(4)19(15)20(14)29)16-7-8-17(28)24-21(16)30/h5-6,13,16,29H,7-12H2,1-4H3,(H,24,28,30). The molecule has 1 aromatic heterocycles. The number of piperidine rings is 2. The molecule has 172 valence electrons. The van der Waals surface area contributed by atoms with Gasteiger partial charge in [0.2, 0.25) is 11.8 Å². The summed E-state index contributed by atoms with van der Waals surface area (Å²) in [6.45, 7) is 6.67. The van der Waals surface area contributed by atoms with Gasteiger partial charge < -0.3 is 14.7 Å². The van der Waals surface area contributed by atoms with Crippen molar-refractivity contribution in [3.05, 3.63) is 23.4 Å². The minimum absolute atomic E-state index is 0.104. The van der Waals surface area contributed by atoms with Crippen LogP contribution in [-0.4, -0.2) is 56.4 Å². The molecule has 2 aliphatic rings. The smallest absolute Gasteiger partial charge is 0.410 e. The number of aromatic hydroxyl groups is 1. The van der Waals surface area contributed by atoms with Crippen molar-refractivity contribution in [2.75, 3.05) is 13.1 Å². The van der Waals surface area contributed by atoms with E-state index in [1.165, 1.54) is 0 Å². The summed E-state index contributed by atoms with van der Waals surface area (Å²) in [6, 6.07) is 3.79. The molecule has 1 atom stereocenters. The molecule has 3 heterocycles. The van der Waals surface area contributed by atoms with Crippen molar-refractivity contribution >= 4 is 28.8 Å². The van der Waals surface area contributed by atoms with Crippen molar-refractivity contribution in [3.63, 3.8) is 0 Å². The number of aryl methyl sites for hydroxylation is 1. The summed E-state index contributed by atoms with van der Waals surface area (Å²) in [4.78, 5) is 37.9. The van der Waals surface area contributed by atoms with Crippen LogP contribution in [0.4, 0.5) is 4.79 Å². The number of likely N-dealkylation sites (tertiary alicyclic amines) is 1. The lowest BCUT2D eigenvalue weighted by atomic mass is 9.87. The van der Waals surface area contributed by atoms with E-state index in [9.17, 15) is 19.5 Å². The molecule has 2 saturated heterocycles. The fraction of sp³-hybridized carbons (Fsp3) is 0.565. The van der Waals surface area contributed by atoms with E-state index in [-0.39, 0.29) is 36.0 Å². The van der Waals surface area contributed by atoms with Gasteiger partial charge in [-0.25, -0.2) is 4.79 Å². The largest absolute Gasteiger partial charge is 0.505 e. The summed E-state index contributed by atoms with van der Waals surface area (Å²) >= 11 is 0. The topological polar surface area (TPSA) is 114 Å². The number of carbonyl (C=O) groups excluding carboxylic acids is 3. The maximum atomic E-state index is 12.3. The third-order valence-electron chi connectivity index (χ3n) is 6.20. The second-order valence-electron chi connectivity index (χ2n) is 9.65. The quantitative estimate of drug-likeness (QED) is 0.692. The molecule has 0 saturated carbocycles. The fourth-order valence-corrected chi connectivity index (χ4v) is 4.64. The molecule has 9 nitrogen and oxygen atoms in total. The second kappa shape index (κ2) is 8.11. The molecule has 2 aromatic rings. The molecule has 0 aliphatic carbocycles. The number of ether oxygens (including phenoxy) is 1. The summed E-state index contributed by atoms with van der Waals surface area (Å²) in [7, 11) is 1.74. The maximum Gasteiger partial charge on any atom is 0.410 e. The number of rotatable bonds is 2. The molecule has 2 fully saturated rings. The number of hydrogen-bond acceptors (Lipinski definition) is 6. The van der Waals surface area contributed by atoms with Gasteiger partial charge in [0.15, 0.2) is 0 Å². The van der Waals surface area contributed by atoms with Crippen molar-refractivity contribution in [2.45, 2.75) is 63.9 Å². The van der Waals surface area contributed by atoms with Crippen molar-refractivity contribution in [1.29, 1.82) is 0 Å². The lowest BCUT2D eigenvalue weighted by Gasteiger charge is -2.33. The predicted molar refractivity (Wildman–Crippen MR) is 117 cm³/mol. The zero-order valence-electron chi connectivity index (χ0n) is 19.0. The molecular weight excluding hydrogens is 412 g/mol. The summed E-state index contributed by atoms with van der Waals surface area (Å²) in [5, 5.41) is 18.7. The number of fused-ring (bicyclic) bond motifs is 1. The summed E-state index contributed by atoms with van der Waals surface area (Å²) in [6.07, 6.45) is 1.81. The van der Waals surface area contributed by atoms with Crippen LogP contribution in [0.5, 0.6) is 5.75 Å². The number of amides is 3. The molecule has 2 N–H and O–H groups in total. The summed E-state index contributed by atoms with van der Waals surface area (Å²) in [5.41, 5.74) is 1.45. The van der Waals surface area contributed by atoms with E-state index in [1.54, 1.807) is 16.6 Å². The highest BCUT2D eigenvalue weighted by Crippen LogP contribution is 2.41. The minimum Gasteiger partial charge on any atom is -0.505 e. The third kappa shape index (κ3) is 4.16. The highest BCUT2D eigenvalue weighted by molar-refractivity contribution is 6.03. The Bertz CT molecular complexity index is 1080.